The standard InChI is InChI=1S/C10H17N5/c1-7-5-9(14-10(11)13-7)15-4-3-8(6-15)12-2/h5,8,12H,3-4,6H2,1-2H3,(H2,11,13,14). The van der Waals surface area contributed by atoms with Crippen molar-refractivity contribution in [1.29, 1.82) is 0 Å². The van der Waals surface area contributed by atoms with Gasteiger partial charge < -0.3 is 16.0 Å². The van der Waals surface area contributed by atoms with E-state index < -0.39 is 0 Å². The van der Waals surface area contributed by atoms with Gasteiger partial charge in [-0.1, -0.05) is 0 Å². The molecule has 5 heteroatoms. The summed E-state index contributed by atoms with van der Waals surface area (Å²) in [4.78, 5) is 10.6. The Labute approximate surface area is 89.7 Å². The molecule has 1 fully saturated rings. The zero-order chi connectivity index (χ0) is 10.8. The molecule has 1 aliphatic heterocycles. The summed E-state index contributed by atoms with van der Waals surface area (Å²) in [7, 11) is 1.99. The van der Waals surface area contributed by atoms with Crippen LogP contribution >= 0.6 is 0 Å². The Hall–Kier alpha value is -1.36. The lowest BCUT2D eigenvalue weighted by Crippen LogP contribution is -2.30. The first-order valence-corrected chi connectivity index (χ1v) is 5.22. The number of nitrogens with one attached hydrogen (secondary N) is 1. The number of nitrogens with two attached hydrogens (primary N) is 1. The van der Waals surface area contributed by atoms with Crippen molar-refractivity contribution < 1.29 is 0 Å². The Morgan fingerprint density at radius 1 is 1.53 bits per heavy atom. The summed E-state index contributed by atoms with van der Waals surface area (Å²) in [6, 6.07) is 2.54. The summed E-state index contributed by atoms with van der Waals surface area (Å²) in [6.45, 7) is 3.96. The molecule has 1 saturated heterocycles. The maximum absolute atomic E-state index is 5.63. The number of nitrogen functional groups attached to an aromatic ring is 1. The smallest absolute Gasteiger partial charge is 0.222 e. The lowest BCUT2D eigenvalue weighted by molar-refractivity contribution is 0.616. The molecule has 0 amide bonds. The molecule has 2 heterocycles. The fraction of sp³-hybridized carbons (Fsp3) is 0.600. The SMILES string of the molecule is CNC1CCN(c2cc(C)nc(N)n2)C1. The lowest BCUT2D eigenvalue weighted by atomic mass is 10.3. The highest BCUT2D eigenvalue weighted by Crippen LogP contribution is 2.19. The molecule has 0 aromatic carbocycles. The number of anilines is 2. The van der Waals surface area contributed by atoms with Gasteiger partial charge in [0.2, 0.25) is 5.95 Å². The number of hydrogen-bond donors (Lipinski definition) is 2. The van der Waals surface area contributed by atoms with Crippen molar-refractivity contribution in [3.63, 3.8) is 0 Å². The average molecular weight is 207 g/mol. The second-order valence-corrected chi connectivity index (χ2v) is 3.95. The molecule has 0 spiro atoms. The predicted molar refractivity (Wildman–Crippen MR) is 60.9 cm³/mol. The molecule has 82 valence electrons. The van der Waals surface area contributed by atoms with E-state index in [2.05, 4.69) is 20.2 Å². The fourth-order valence-electron chi connectivity index (χ4n) is 1.94. The van der Waals surface area contributed by atoms with Crippen LogP contribution in [0.4, 0.5) is 11.8 Å². The van der Waals surface area contributed by atoms with Crippen LogP contribution in [0.5, 0.6) is 0 Å². The van der Waals surface area contributed by atoms with Gasteiger partial charge >= 0.3 is 0 Å². The maximum Gasteiger partial charge on any atom is 0.222 e. The largest absolute Gasteiger partial charge is 0.368 e. The number of aryl methyl sites for hydroxylation is 1. The molecule has 1 aromatic rings. The average Bonchev–Trinajstić information content (AvgIpc) is 2.64. The minimum absolute atomic E-state index is 0.359. The monoisotopic (exact) mass is 207 g/mol. The molecule has 3 N–H and O–H groups in total. The van der Waals surface area contributed by atoms with Crippen LogP contribution in [0.3, 0.4) is 0 Å². The summed E-state index contributed by atoms with van der Waals surface area (Å²) in [5.41, 5.74) is 6.55. The Bertz CT molecular complexity index is 331. The highest BCUT2D eigenvalue weighted by Gasteiger charge is 2.22. The van der Waals surface area contributed by atoms with Crippen LogP contribution in [0.1, 0.15) is 12.1 Å². The van der Waals surface area contributed by atoms with Crippen molar-refractivity contribution in [3.05, 3.63) is 11.8 Å². The molecular weight excluding hydrogens is 190 g/mol. The number of aromatic nitrogens is 2. The summed E-state index contributed by atoms with van der Waals surface area (Å²) in [5, 5.41) is 3.28. The van der Waals surface area contributed by atoms with Crippen molar-refractivity contribution in [2.45, 2.75) is 19.4 Å². The molecule has 0 radical (unpaired) electrons. The Morgan fingerprint density at radius 3 is 2.93 bits per heavy atom. The van der Waals surface area contributed by atoms with Gasteiger partial charge in [0, 0.05) is 30.9 Å². The first kappa shape index (κ1) is 10.2. The van der Waals surface area contributed by atoms with Gasteiger partial charge in [0.1, 0.15) is 5.82 Å². The molecule has 0 bridgehead atoms. The molecule has 5 nitrogen and oxygen atoms in total. The zero-order valence-electron chi connectivity index (χ0n) is 9.20. The molecule has 0 aliphatic carbocycles. The van der Waals surface area contributed by atoms with Crippen molar-refractivity contribution in [1.82, 2.24) is 15.3 Å². The molecule has 2 rings (SSSR count). The highest BCUT2D eigenvalue weighted by molar-refractivity contribution is 5.44. The maximum atomic E-state index is 5.63. The number of rotatable bonds is 2. The Balaban J connectivity index is 2.16. The second kappa shape index (κ2) is 4.02. The van der Waals surface area contributed by atoms with Gasteiger partial charge in [0.25, 0.3) is 0 Å². The lowest BCUT2D eigenvalue weighted by Gasteiger charge is -2.17. The van der Waals surface area contributed by atoms with E-state index in [-0.39, 0.29) is 0 Å². The van der Waals surface area contributed by atoms with Gasteiger partial charge in [-0.2, -0.15) is 4.98 Å². The second-order valence-electron chi connectivity index (χ2n) is 3.95. The van der Waals surface area contributed by atoms with Crippen LogP contribution in [0, 0.1) is 6.92 Å². The number of nitrogens with zero attached hydrogens (tertiary/aromatic N) is 3. The molecule has 15 heavy (non-hydrogen) atoms. The third-order valence-electron chi connectivity index (χ3n) is 2.78. The van der Waals surface area contributed by atoms with E-state index in [1.165, 1.54) is 0 Å². The fourth-order valence-corrected chi connectivity index (χ4v) is 1.94. The van der Waals surface area contributed by atoms with E-state index in [9.17, 15) is 0 Å². The Kier molecular flexibility index (Phi) is 2.73. The molecule has 1 atom stereocenters. The van der Waals surface area contributed by atoms with Crippen molar-refractivity contribution >= 4 is 11.8 Å². The normalized spacial score (nSPS) is 20.9. The van der Waals surface area contributed by atoms with Crippen molar-refractivity contribution in [2.75, 3.05) is 30.8 Å². The van der Waals surface area contributed by atoms with Gasteiger partial charge in [-0.15, -0.1) is 0 Å². The van der Waals surface area contributed by atoms with Crippen LogP contribution in [0.2, 0.25) is 0 Å². The summed E-state index contributed by atoms with van der Waals surface area (Å²) >= 11 is 0. The molecule has 1 aliphatic rings. The van der Waals surface area contributed by atoms with Gasteiger partial charge in [-0.05, 0) is 20.4 Å². The summed E-state index contributed by atoms with van der Waals surface area (Å²) in [6.07, 6.45) is 1.15. The number of hydrogen-bond acceptors (Lipinski definition) is 5. The summed E-state index contributed by atoms with van der Waals surface area (Å²) < 4.78 is 0. The first-order chi connectivity index (χ1) is 7.19. The van der Waals surface area contributed by atoms with Gasteiger partial charge in [0.15, 0.2) is 0 Å². The quantitative estimate of drug-likeness (QED) is 0.723. The summed E-state index contributed by atoms with van der Waals surface area (Å²) in [5.74, 6) is 1.30. The van der Waals surface area contributed by atoms with Crippen LogP contribution < -0.4 is 16.0 Å². The zero-order valence-corrected chi connectivity index (χ0v) is 9.20. The van der Waals surface area contributed by atoms with E-state index in [4.69, 9.17) is 5.73 Å². The van der Waals surface area contributed by atoms with Gasteiger partial charge in [-0.25, -0.2) is 4.98 Å². The third kappa shape index (κ3) is 2.18. The van der Waals surface area contributed by atoms with Crippen LogP contribution in [0.25, 0.3) is 0 Å². The molecule has 1 unspecified atom stereocenters. The minimum Gasteiger partial charge on any atom is -0.368 e. The van der Waals surface area contributed by atoms with Crippen LogP contribution in [0.15, 0.2) is 6.07 Å². The first-order valence-electron chi connectivity index (χ1n) is 5.22. The van der Waals surface area contributed by atoms with Crippen molar-refractivity contribution in [3.8, 4) is 0 Å². The van der Waals surface area contributed by atoms with Crippen molar-refractivity contribution in [2.24, 2.45) is 0 Å². The van der Waals surface area contributed by atoms with E-state index in [1.54, 1.807) is 0 Å². The van der Waals surface area contributed by atoms with Gasteiger partial charge in [0.05, 0.1) is 0 Å². The molecular formula is C10H17N5. The minimum atomic E-state index is 0.359. The highest BCUT2D eigenvalue weighted by atomic mass is 15.2. The number of likely N-dealkylation sites (N-methyl/N-ethyl adjacent to an activating group) is 1. The van der Waals surface area contributed by atoms with Crippen LogP contribution in [-0.2, 0) is 0 Å². The molecule has 0 saturated carbocycles. The molecule has 1 aromatic heterocycles. The van der Waals surface area contributed by atoms with Gasteiger partial charge in [-0.3, -0.25) is 0 Å². The topological polar surface area (TPSA) is 67.1 Å². The third-order valence-corrected chi connectivity index (χ3v) is 2.78. The van der Waals surface area contributed by atoms with E-state index >= 15 is 0 Å². The van der Waals surface area contributed by atoms with Crippen LogP contribution in [-0.4, -0.2) is 36.1 Å². The van der Waals surface area contributed by atoms with E-state index in [0.29, 0.717) is 12.0 Å². The van der Waals surface area contributed by atoms with E-state index in [0.717, 1.165) is 31.0 Å². The Morgan fingerprint density at radius 2 is 2.33 bits per heavy atom. The van der Waals surface area contributed by atoms with E-state index in [1.807, 2.05) is 20.0 Å². The predicted octanol–water partition coefficient (Wildman–Crippen LogP) is 0.165.